The van der Waals surface area contributed by atoms with E-state index in [1.54, 1.807) is 30.3 Å². The van der Waals surface area contributed by atoms with E-state index in [1.165, 1.54) is 10.4 Å². The molecule has 0 amide bonds. The molecule has 2 heterocycles. The lowest BCUT2D eigenvalue weighted by atomic mass is 10.0. The molecule has 1 atom stereocenters. The molecule has 0 N–H and O–H groups in total. The molecule has 1 aromatic heterocycles. The number of ether oxygens (including phenoxy) is 1. The molecule has 1 unspecified atom stereocenters. The number of nitrogens with zero attached hydrogens (tertiary/aromatic N) is 1. The van der Waals surface area contributed by atoms with E-state index in [1.807, 2.05) is 26.8 Å². The van der Waals surface area contributed by atoms with Crippen LogP contribution in [0.15, 0.2) is 56.6 Å². The fourth-order valence-electron chi connectivity index (χ4n) is 4.12. The number of hydrogen-bond donors (Lipinski definition) is 0. The molecule has 1 saturated heterocycles. The van der Waals surface area contributed by atoms with Gasteiger partial charge in [-0.25, -0.2) is 13.2 Å². The maximum atomic E-state index is 13.2. The van der Waals surface area contributed by atoms with Gasteiger partial charge in [0, 0.05) is 23.6 Å². The van der Waals surface area contributed by atoms with Crippen molar-refractivity contribution in [2.45, 2.75) is 57.6 Å². The summed E-state index contributed by atoms with van der Waals surface area (Å²) in [5.74, 6) is -0.615. The second-order valence-corrected chi connectivity index (χ2v) is 10.5. The highest BCUT2D eigenvalue weighted by molar-refractivity contribution is 7.89. The maximum absolute atomic E-state index is 13.2. The Kier molecular flexibility index (Phi) is 6.41. The van der Waals surface area contributed by atoms with Crippen molar-refractivity contribution in [2.24, 2.45) is 0 Å². The van der Waals surface area contributed by atoms with Gasteiger partial charge in [-0.1, -0.05) is 17.7 Å². The molecule has 0 bridgehead atoms. The van der Waals surface area contributed by atoms with Crippen molar-refractivity contribution in [3.05, 3.63) is 75.1 Å². The van der Waals surface area contributed by atoms with Gasteiger partial charge in [0.05, 0.1) is 4.90 Å². The average Bonchev–Trinajstić information content (AvgIpc) is 2.78. The SMILES string of the molecule is Cc1ccc(S(=O)(=O)N2CCCCC2C(=O)OCc2cc(=O)oc3cc(C)c(C)cc23)cc1. The van der Waals surface area contributed by atoms with Gasteiger partial charge in [-0.2, -0.15) is 4.31 Å². The normalized spacial score (nSPS) is 17.2. The second kappa shape index (κ2) is 9.11. The summed E-state index contributed by atoms with van der Waals surface area (Å²) in [5, 5.41) is 0.693. The predicted molar refractivity (Wildman–Crippen MR) is 124 cm³/mol. The third-order valence-electron chi connectivity index (χ3n) is 6.17. The van der Waals surface area contributed by atoms with E-state index in [9.17, 15) is 18.0 Å². The summed E-state index contributed by atoms with van der Waals surface area (Å²) in [6.07, 6.45) is 1.80. The molecule has 1 aliphatic heterocycles. The number of aryl methyl sites for hydroxylation is 3. The first-order valence-electron chi connectivity index (χ1n) is 11.0. The van der Waals surface area contributed by atoms with Crippen LogP contribution in [-0.2, 0) is 26.2 Å². The summed E-state index contributed by atoms with van der Waals surface area (Å²) in [7, 11) is -3.84. The third kappa shape index (κ3) is 4.72. The lowest BCUT2D eigenvalue weighted by Gasteiger charge is -2.33. The molecule has 0 saturated carbocycles. The van der Waals surface area contributed by atoms with E-state index in [0.29, 0.717) is 29.4 Å². The van der Waals surface area contributed by atoms with Crippen LogP contribution in [0.1, 0.15) is 41.5 Å². The highest BCUT2D eigenvalue weighted by Crippen LogP contribution is 2.27. The minimum atomic E-state index is -3.84. The summed E-state index contributed by atoms with van der Waals surface area (Å²) in [6.45, 7) is 5.87. The van der Waals surface area contributed by atoms with Crippen molar-refractivity contribution in [3.63, 3.8) is 0 Å². The van der Waals surface area contributed by atoms with E-state index < -0.39 is 27.7 Å². The van der Waals surface area contributed by atoms with Crippen molar-refractivity contribution in [1.29, 1.82) is 0 Å². The number of rotatable bonds is 5. The van der Waals surface area contributed by atoms with Crippen molar-refractivity contribution < 1.29 is 22.4 Å². The zero-order chi connectivity index (χ0) is 23.8. The smallest absolute Gasteiger partial charge is 0.336 e. The molecule has 4 rings (SSSR count). The summed E-state index contributed by atoms with van der Waals surface area (Å²) in [5.41, 5.74) is 3.39. The molecular weight excluding hydrogens is 442 g/mol. The van der Waals surface area contributed by atoms with Crippen molar-refractivity contribution in [3.8, 4) is 0 Å². The summed E-state index contributed by atoms with van der Waals surface area (Å²) in [6, 6.07) is 10.7. The third-order valence-corrected chi connectivity index (χ3v) is 8.09. The maximum Gasteiger partial charge on any atom is 0.336 e. The van der Waals surface area contributed by atoms with E-state index in [0.717, 1.165) is 23.1 Å². The topological polar surface area (TPSA) is 93.9 Å². The first kappa shape index (κ1) is 23.2. The standard InChI is InChI=1S/C25H27NO6S/c1-16-7-9-20(10-8-16)33(29,30)26-11-5-4-6-22(26)25(28)31-15-19-14-24(27)32-23-13-18(3)17(2)12-21(19)23/h7-10,12-14,22H,4-6,11,15H2,1-3H3. The van der Waals surface area contributed by atoms with E-state index >= 15 is 0 Å². The molecule has 8 heteroatoms. The van der Waals surface area contributed by atoms with Crippen LogP contribution >= 0.6 is 0 Å². The zero-order valence-corrected chi connectivity index (χ0v) is 19.8. The molecule has 174 valence electrons. The Balaban J connectivity index is 1.58. The Morgan fingerprint density at radius 2 is 1.76 bits per heavy atom. The number of hydrogen-bond acceptors (Lipinski definition) is 6. The predicted octanol–water partition coefficient (Wildman–Crippen LogP) is 4.00. The van der Waals surface area contributed by atoms with Gasteiger partial charge in [-0.05, 0) is 75.4 Å². The summed E-state index contributed by atoms with van der Waals surface area (Å²) < 4.78 is 38.6. The van der Waals surface area contributed by atoms with Crippen molar-refractivity contribution in [1.82, 2.24) is 4.31 Å². The monoisotopic (exact) mass is 469 g/mol. The van der Waals surface area contributed by atoms with Crippen LogP contribution in [0.5, 0.6) is 0 Å². The van der Waals surface area contributed by atoms with Crippen LogP contribution in [0, 0.1) is 20.8 Å². The van der Waals surface area contributed by atoms with Crippen molar-refractivity contribution in [2.75, 3.05) is 6.54 Å². The zero-order valence-electron chi connectivity index (χ0n) is 19.0. The Morgan fingerprint density at radius 1 is 1.06 bits per heavy atom. The number of sulfonamides is 1. The van der Waals surface area contributed by atoms with Crippen LogP contribution in [0.4, 0.5) is 0 Å². The first-order chi connectivity index (χ1) is 15.7. The molecule has 0 radical (unpaired) electrons. The number of esters is 1. The fraction of sp³-hybridized carbons (Fsp3) is 0.360. The highest BCUT2D eigenvalue weighted by Gasteiger charge is 2.38. The van der Waals surface area contributed by atoms with Gasteiger partial charge < -0.3 is 9.15 Å². The Labute approximate surface area is 193 Å². The van der Waals surface area contributed by atoms with Gasteiger partial charge >= 0.3 is 11.6 Å². The van der Waals surface area contributed by atoms with Gasteiger partial charge in [-0.15, -0.1) is 0 Å². The molecule has 33 heavy (non-hydrogen) atoms. The molecule has 2 aromatic carbocycles. The molecule has 1 fully saturated rings. The van der Waals surface area contributed by atoms with E-state index in [-0.39, 0.29) is 18.0 Å². The Hall–Kier alpha value is -2.97. The molecule has 3 aromatic rings. The molecule has 0 spiro atoms. The highest BCUT2D eigenvalue weighted by atomic mass is 32.2. The van der Waals surface area contributed by atoms with Gasteiger partial charge in [-0.3, -0.25) is 4.79 Å². The van der Waals surface area contributed by atoms with Gasteiger partial charge in [0.25, 0.3) is 0 Å². The van der Waals surface area contributed by atoms with E-state index in [4.69, 9.17) is 9.15 Å². The summed E-state index contributed by atoms with van der Waals surface area (Å²) >= 11 is 0. The van der Waals surface area contributed by atoms with Gasteiger partial charge in [0.2, 0.25) is 10.0 Å². The number of carbonyl (C=O) groups excluding carboxylic acids is 1. The van der Waals surface area contributed by atoms with Crippen LogP contribution in [0.2, 0.25) is 0 Å². The second-order valence-electron chi connectivity index (χ2n) is 8.57. The average molecular weight is 470 g/mol. The van der Waals surface area contributed by atoms with Gasteiger partial charge in [0.15, 0.2) is 0 Å². The molecule has 0 aliphatic carbocycles. The van der Waals surface area contributed by atoms with Crippen LogP contribution in [0.3, 0.4) is 0 Å². The number of fused-ring (bicyclic) bond motifs is 1. The van der Waals surface area contributed by atoms with Crippen LogP contribution in [-0.4, -0.2) is 31.3 Å². The fourth-order valence-corrected chi connectivity index (χ4v) is 5.77. The molecule has 1 aliphatic rings. The van der Waals surface area contributed by atoms with E-state index in [2.05, 4.69) is 0 Å². The van der Waals surface area contributed by atoms with Crippen molar-refractivity contribution >= 4 is 27.0 Å². The number of carbonyl (C=O) groups is 1. The largest absolute Gasteiger partial charge is 0.460 e. The summed E-state index contributed by atoms with van der Waals surface area (Å²) in [4.78, 5) is 25.2. The lowest BCUT2D eigenvalue weighted by Crippen LogP contribution is -2.48. The van der Waals surface area contributed by atoms with Crippen LogP contribution < -0.4 is 5.63 Å². The quantitative estimate of drug-likeness (QED) is 0.414. The minimum absolute atomic E-state index is 0.141. The number of benzene rings is 2. The number of piperidine rings is 1. The minimum Gasteiger partial charge on any atom is -0.460 e. The van der Waals surface area contributed by atoms with Crippen LogP contribution in [0.25, 0.3) is 11.0 Å². The lowest BCUT2D eigenvalue weighted by molar-refractivity contribution is -0.150. The Morgan fingerprint density at radius 3 is 2.48 bits per heavy atom. The molecular formula is C25H27NO6S. The first-order valence-corrected chi connectivity index (χ1v) is 12.4. The molecule has 7 nitrogen and oxygen atoms in total. The Bertz CT molecular complexity index is 1360. The van der Waals surface area contributed by atoms with Gasteiger partial charge in [0.1, 0.15) is 18.2 Å².